The molecule has 0 spiro atoms. The lowest BCUT2D eigenvalue weighted by Crippen LogP contribution is -2.46. The van der Waals surface area contributed by atoms with E-state index in [1.807, 2.05) is 13.1 Å². The maximum absolute atomic E-state index is 12.8. The van der Waals surface area contributed by atoms with E-state index in [9.17, 15) is 18.0 Å². The summed E-state index contributed by atoms with van der Waals surface area (Å²) in [6.07, 6.45) is -0.483. The van der Waals surface area contributed by atoms with E-state index in [-0.39, 0.29) is 18.2 Å². The van der Waals surface area contributed by atoms with Crippen molar-refractivity contribution in [3.63, 3.8) is 0 Å². The van der Waals surface area contributed by atoms with Gasteiger partial charge in [-0.2, -0.15) is 8.42 Å². The molecule has 8 nitrogen and oxygen atoms in total. The van der Waals surface area contributed by atoms with Gasteiger partial charge in [0.05, 0.1) is 18.8 Å². The van der Waals surface area contributed by atoms with Crippen molar-refractivity contribution in [2.45, 2.75) is 77.8 Å². The topological polar surface area (TPSA) is 99.2 Å². The quantitative estimate of drug-likeness (QED) is 0.465. The number of carbonyl (C=O) groups is 2. The Morgan fingerprint density at radius 1 is 1.21 bits per heavy atom. The van der Waals surface area contributed by atoms with Crippen LogP contribution in [0, 0.1) is 5.92 Å². The fraction of sp³-hybridized carbons (Fsp3) is 0.889. The van der Waals surface area contributed by atoms with Crippen LogP contribution >= 0.6 is 0 Å². The number of likely N-dealkylation sites (tertiary alicyclic amines) is 1. The molecule has 0 aromatic heterocycles. The highest BCUT2D eigenvalue weighted by Crippen LogP contribution is 2.37. The lowest BCUT2D eigenvalue weighted by molar-refractivity contribution is -0.133. The zero-order valence-corrected chi connectivity index (χ0v) is 20.3. The van der Waals surface area contributed by atoms with Crippen LogP contribution in [-0.4, -0.2) is 64.7 Å². The van der Waals surface area contributed by atoms with E-state index in [1.54, 1.807) is 20.8 Å². The molecule has 2 atom stereocenters. The largest absolute Gasteiger partial charge is 0.443 e. The molecule has 2 amide bonds. The predicted molar refractivity (Wildman–Crippen MR) is 109 cm³/mol. The molecule has 1 aliphatic heterocycles. The number of hydrogen-bond acceptors (Lipinski definition) is 7. The maximum atomic E-state index is 12.8. The van der Waals surface area contributed by atoms with Crippen LogP contribution < -0.4 is 0 Å². The van der Waals surface area contributed by atoms with Crippen molar-refractivity contribution >= 4 is 30.4 Å². The third-order valence-electron chi connectivity index (χ3n) is 5.02. The molecule has 0 aromatic rings. The summed E-state index contributed by atoms with van der Waals surface area (Å²) >= 11 is 0. The number of nitrogens with zero attached hydrogens (tertiary/aromatic N) is 1. The molecule has 1 aliphatic rings. The molecule has 0 saturated carbocycles. The smallest absolute Gasteiger partial charge is 0.417 e. The molecule has 1 heterocycles. The summed E-state index contributed by atoms with van der Waals surface area (Å²) in [5.74, 6) is -1.28. The Labute approximate surface area is 170 Å². The number of amides is 2. The minimum absolute atomic E-state index is 0.0257. The number of hydrogen-bond donors (Lipinski definition) is 0. The van der Waals surface area contributed by atoms with Crippen LogP contribution in [0.4, 0.5) is 4.79 Å². The maximum Gasteiger partial charge on any atom is 0.417 e. The molecule has 2 unspecified atom stereocenters. The van der Waals surface area contributed by atoms with Gasteiger partial charge in [-0.15, -0.1) is 0 Å². The number of imide groups is 1. The zero-order valence-electron chi connectivity index (χ0n) is 18.5. The van der Waals surface area contributed by atoms with Crippen LogP contribution in [0.1, 0.15) is 48.0 Å². The van der Waals surface area contributed by atoms with Crippen LogP contribution in [0.2, 0.25) is 18.1 Å². The third kappa shape index (κ3) is 7.13. The SMILES string of the molecule is CC(C)(C)OC(=O)N1CCC(C(CO[Si](C)(C)C(C)(C)C)OS(C)(=O)=O)C1=O. The lowest BCUT2D eigenvalue weighted by atomic mass is 10.0. The Hall–Kier alpha value is -0.973. The molecule has 0 aromatic carbocycles. The van der Waals surface area contributed by atoms with Crippen LogP contribution in [0.25, 0.3) is 0 Å². The van der Waals surface area contributed by atoms with Gasteiger partial charge in [0.1, 0.15) is 11.7 Å². The van der Waals surface area contributed by atoms with Gasteiger partial charge in [-0.3, -0.25) is 8.98 Å². The number of rotatable bonds is 6. The first-order valence-electron chi connectivity index (χ1n) is 9.41. The average Bonchev–Trinajstić information content (AvgIpc) is 2.81. The zero-order chi connectivity index (χ0) is 22.1. The Kier molecular flexibility index (Phi) is 7.53. The molecule has 1 rings (SSSR count). The second-order valence-electron chi connectivity index (χ2n) is 9.78. The van der Waals surface area contributed by atoms with E-state index in [2.05, 4.69) is 20.8 Å². The summed E-state index contributed by atoms with van der Waals surface area (Å²) in [5, 5.41) is -0.0785. The Morgan fingerprint density at radius 2 is 1.75 bits per heavy atom. The van der Waals surface area contributed by atoms with Gasteiger partial charge in [0, 0.05) is 6.54 Å². The minimum Gasteiger partial charge on any atom is -0.443 e. The molecular formula is C18H35NO7SSi. The van der Waals surface area contributed by atoms with Crippen LogP contribution in [0.3, 0.4) is 0 Å². The standard InChI is InChI=1S/C18H35NO7SSi/c1-17(2,3)25-16(21)19-11-10-13(15(19)20)14(26-27(7,22)23)12-24-28(8,9)18(4,5)6/h13-14H,10-12H2,1-9H3. The predicted octanol–water partition coefficient (Wildman–Crippen LogP) is 3.14. The van der Waals surface area contributed by atoms with Gasteiger partial charge in [-0.05, 0) is 45.3 Å². The Balaban J connectivity index is 2.97. The highest BCUT2D eigenvalue weighted by molar-refractivity contribution is 7.86. The summed E-state index contributed by atoms with van der Waals surface area (Å²) in [6, 6.07) is 0. The summed E-state index contributed by atoms with van der Waals surface area (Å²) in [4.78, 5) is 26.1. The highest BCUT2D eigenvalue weighted by atomic mass is 32.2. The van der Waals surface area contributed by atoms with Crippen LogP contribution in [0.5, 0.6) is 0 Å². The molecule has 1 saturated heterocycles. The van der Waals surface area contributed by atoms with Gasteiger partial charge in [-0.25, -0.2) is 9.69 Å². The van der Waals surface area contributed by atoms with E-state index < -0.39 is 48.1 Å². The van der Waals surface area contributed by atoms with E-state index in [0.29, 0.717) is 6.42 Å². The lowest BCUT2D eigenvalue weighted by Gasteiger charge is -2.37. The molecule has 0 bridgehead atoms. The van der Waals surface area contributed by atoms with Crippen molar-refractivity contribution < 1.29 is 31.4 Å². The molecule has 0 aliphatic carbocycles. The van der Waals surface area contributed by atoms with Gasteiger partial charge < -0.3 is 9.16 Å². The van der Waals surface area contributed by atoms with E-state index >= 15 is 0 Å². The Bertz CT molecular complexity index is 692. The molecule has 10 heteroatoms. The van der Waals surface area contributed by atoms with Gasteiger partial charge in [0.25, 0.3) is 10.1 Å². The van der Waals surface area contributed by atoms with E-state index in [4.69, 9.17) is 13.3 Å². The van der Waals surface area contributed by atoms with Crippen molar-refractivity contribution in [3.05, 3.63) is 0 Å². The normalized spacial score (nSPS) is 20.4. The van der Waals surface area contributed by atoms with E-state index in [1.165, 1.54) is 0 Å². The van der Waals surface area contributed by atoms with Crippen molar-refractivity contribution in [2.75, 3.05) is 19.4 Å². The molecule has 0 radical (unpaired) electrons. The van der Waals surface area contributed by atoms with Crippen LogP contribution in [0.15, 0.2) is 0 Å². The van der Waals surface area contributed by atoms with Gasteiger partial charge in [0.15, 0.2) is 8.32 Å². The highest BCUT2D eigenvalue weighted by Gasteiger charge is 2.45. The van der Waals surface area contributed by atoms with E-state index in [0.717, 1.165) is 11.2 Å². The first-order valence-corrected chi connectivity index (χ1v) is 14.1. The second-order valence-corrected chi connectivity index (χ2v) is 16.2. The van der Waals surface area contributed by atoms with Crippen molar-refractivity contribution in [1.29, 1.82) is 0 Å². The molecule has 1 fully saturated rings. The second kappa shape index (κ2) is 8.41. The van der Waals surface area contributed by atoms with Crippen LogP contribution in [-0.2, 0) is 28.3 Å². The van der Waals surface area contributed by atoms with Gasteiger partial charge in [-0.1, -0.05) is 20.8 Å². The first-order chi connectivity index (χ1) is 12.3. The fourth-order valence-corrected chi connectivity index (χ4v) is 4.14. The minimum atomic E-state index is -3.81. The summed E-state index contributed by atoms with van der Waals surface area (Å²) < 4.78 is 40.1. The molecule has 28 heavy (non-hydrogen) atoms. The van der Waals surface area contributed by atoms with Crippen molar-refractivity contribution in [2.24, 2.45) is 5.92 Å². The monoisotopic (exact) mass is 437 g/mol. The fourth-order valence-electron chi connectivity index (χ4n) is 2.49. The summed E-state index contributed by atoms with van der Waals surface area (Å²) in [5.41, 5.74) is -0.733. The van der Waals surface area contributed by atoms with Gasteiger partial charge in [0.2, 0.25) is 5.91 Å². The number of carbonyl (C=O) groups excluding carboxylic acids is 2. The van der Waals surface area contributed by atoms with Gasteiger partial charge >= 0.3 is 6.09 Å². The molecule has 164 valence electrons. The number of ether oxygens (including phenoxy) is 1. The Morgan fingerprint density at radius 3 is 2.18 bits per heavy atom. The molecule has 0 N–H and O–H groups in total. The summed E-state index contributed by atoms with van der Waals surface area (Å²) in [6.45, 7) is 15.5. The summed E-state index contributed by atoms with van der Waals surface area (Å²) in [7, 11) is -5.98. The first kappa shape index (κ1) is 25.1. The average molecular weight is 438 g/mol. The third-order valence-corrected chi connectivity index (χ3v) is 10.1. The van der Waals surface area contributed by atoms with Crippen molar-refractivity contribution in [3.8, 4) is 0 Å². The van der Waals surface area contributed by atoms with Crippen molar-refractivity contribution in [1.82, 2.24) is 4.90 Å². The molecular weight excluding hydrogens is 402 g/mol.